The molecule has 0 aromatic carbocycles. The minimum absolute atomic E-state index is 0.731. The fraction of sp³-hybridized carbons (Fsp3) is 1.00. The second-order valence-electron chi connectivity index (χ2n) is 2.46. The molecule has 12 heteroatoms. The van der Waals surface area contributed by atoms with Gasteiger partial charge in [0.15, 0.2) is 0 Å². The van der Waals surface area contributed by atoms with E-state index in [-0.39, 0.29) is 0 Å². The van der Waals surface area contributed by atoms with E-state index in [1.165, 1.54) is 0 Å². The largest absolute Gasteiger partial charge is 0.345 e. The zero-order chi connectivity index (χ0) is 12.7. The van der Waals surface area contributed by atoms with Crippen molar-refractivity contribution >= 4 is 30.4 Å². The molecule has 0 aromatic heterocycles. The Balaban J connectivity index is 6.58. The van der Waals surface area contributed by atoms with Gasteiger partial charge in [-0.3, -0.25) is 13.7 Å². The molecule has 0 radical (unpaired) electrons. The first-order chi connectivity index (χ1) is 6.31. The highest BCUT2D eigenvalue weighted by atomic mass is 32.3. The van der Waals surface area contributed by atoms with Crippen LogP contribution in [0, 0.1) is 0 Å². The van der Waals surface area contributed by atoms with Crippen LogP contribution < -0.4 is 0 Å². The molecule has 0 aliphatic rings. The lowest BCUT2D eigenvalue weighted by atomic mass is 10.6. The average Bonchev–Trinajstić information content (AvgIpc) is 1.76. The van der Waals surface area contributed by atoms with Crippen molar-refractivity contribution in [1.82, 2.24) is 0 Å². The van der Waals surface area contributed by atoms with E-state index in [2.05, 4.69) is 0 Å². The molecule has 0 amide bonds. The number of rotatable bonds is 4. The Bertz CT molecular complexity index is 455. The molecule has 0 spiro atoms. The van der Waals surface area contributed by atoms with Crippen LogP contribution in [0.25, 0.3) is 0 Å². The fourth-order valence-electron chi connectivity index (χ4n) is 0.946. The van der Waals surface area contributed by atoms with Gasteiger partial charge in [-0.25, -0.2) is 0 Å². The van der Waals surface area contributed by atoms with E-state index in [4.69, 9.17) is 13.7 Å². The average molecular weight is 284 g/mol. The van der Waals surface area contributed by atoms with Crippen molar-refractivity contribution in [2.75, 3.05) is 0 Å². The van der Waals surface area contributed by atoms with Crippen LogP contribution in [0.5, 0.6) is 0 Å². The molecule has 0 aliphatic heterocycles. The van der Waals surface area contributed by atoms with E-state index < -0.39 is 40.2 Å². The molecular formula is C3H8O9S3. The Hall–Kier alpha value is -0.270. The Labute approximate surface area is 86.4 Å². The molecule has 0 aliphatic carbocycles. The van der Waals surface area contributed by atoms with Gasteiger partial charge in [0.25, 0.3) is 0 Å². The topological polar surface area (TPSA) is 163 Å². The third-order valence-electron chi connectivity index (χ3n) is 1.61. The van der Waals surface area contributed by atoms with Crippen molar-refractivity contribution in [3.05, 3.63) is 0 Å². The van der Waals surface area contributed by atoms with Gasteiger partial charge in [0.1, 0.15) is 0 Å². The molecule has 0 atom stereocenters. The molecule has 15 heavy (non-hydrogen) atoms. The summed E-state index contributed by atoms with van der Waals surface area (Å²) < 4.78 is 85.3. The molecule has 0 saturated heterocycles. The van der Waals surface area contributed by atoms with Gasteiger partial charge < -0.3 is 0 Å². The summed E-state index contributed by atoms with van der Waals surface area (Å²) in [5.41, 5.74) is 0. The summed E-state index contributed by atoms with van der Waals surface area (Å²) in [6.45, 7) is 0.731. The molecule has 0 heterocycles. The first-order valence-electron chi connectivity index (χ1n) is 3.22. The molecule has 0 fully saturated rings. The maximum Gasteiger partial charge on any atom is 0.345 e. The van der Waals surface area contributed by atoms with E-state index in [9.17, 15) is 25.3 Å². The minimum atomic E-state index is -5.77. The van der Waals surface area contributed by atoms with E-state index >= 15 is 0 Å². The van der Waals surface area contributed by atoms with Gasteiger partial charge in [0.05, 0.1) is 0 Å². The van der Waals surface area contributed by atoms with Crippen LogP contribution in [-0.2, 0) is 30.4 Å². The third kappa shape index (κ3) is 2.14. The van der Waals surface area contributed by atoms with Crippen LogP contribution in [0.4, 0.5) is 0 Å². The van der Waals surface area contributed by atoms with Crippen LogP contribution >= 0.6 is 0 Å². The maximum absolute atomic E-state index is 10.7. The molecule has 92 valence electrons. The summed E-state index contributed by atoms with van der Waals surface area (Å²) in [5, 5.41) is 0. The predicted molar refractivity (Wildman–Crippen MR) is 47.7 cm³/mol. The Morgan fingerprint density at radius 3 is 1.00 bits per heavy atom. The lowest BCUT2D eigenvalue weighted by Gasteiger charge is -2.21. The summed E-state index contributed by atoms with van der Waals surface area (Å²) in [6.07, 6.45) is -1.27. The monoisotopic (exact) mass is 284 g/mol. The second-order valence-corrected chi connectivity index (χ2v) is 8.18. The zero-order valence-corrected chi connectivity index (χ0v) is 9.67. The highest BCUT2D eigenvalue weighted by Crippen LogP contribution is 2.32. The summed E-state index contributed by atoms with van der Waals surface area (Å²) in [6, 6.07) is 0. The summed E-state index contributed by atoms with van der Waals surface area (Å²) in [5.74, 6) is 0. The lowest BCUT2D eigenvalue weighted by Crippen LogP contribution is -2.51. The standard InChI is InChI=1S/C3H8O9S3/c1-2-3(13(4,5)6,14(7,8)9)15(10,11)12/h2H2,1H3,(H,4,5,6)(H,7,8,9)(H,10,11,12). The number of hydrogen-bond donors (Lipinski definition) is 3. The summed E-state index contributed by atoms with van der Waals surface area (Å²) >= 11 is 0. The molecule has 0 rings (SSSR count). The van der Waals surface area contributed by atoms with Crippen LogP contribution in [-0.4, -0.2) is 42.3 Å². The summed E-state index contributed by atoms with van der Waals surface area (Å²) in [4.78, 5) is 0. The van der Waals surface area contributed by atoms with E-state index in [1.54, 1.807) is 0 Å². The molecule has 9 nitrogen and oxygen atoms in total. The quantitative estimate of drug-likeness (QED) is 0.533. The van der Waals surface area contributed by atoms with Gasteiger partial charge in [0.2, 0.25) is 0 Å². The molecule has 0 saturated carbocycles. The van der Waals surface area contributed by atoms with Crippen molar-refractivity contribution in [1.29, 1.82) is 0 Å². The highest BCUT2D eigenvalue weighted by molar-refractivity contribution is 8.21. The normalized spacial score (nSPS) is 15.2. The van der Waals surface area contributed by atoms with Crippen molar-refractivity contribution in [3.8, 4) is 0 Å². The van der Waals surface area contributed by atoms with Gasteiger partial charge in [0, 0.05) is 6.42 Å². The van der Waals surface area contributed by atoms with E-state index in [0.717, 1.165) is 6.92 Å². The summed E-state index contributed by atoms with van der Waals surface area (Å²) in [7, 11) is -17.3. The van der Waals surface area contributed by atoms with Crippen LogP contribution in [0.15, 0.2) is 0 Å². The zero-order valence-electron chi connectivity index (χ0n) is 7.22. The SMILES string of the molecule is CCC(S(=O)(=O)O)(S(=O)(=O)O)S(=O)(=O)O. The van der Waals surface area contributed by atoms with Gasteiger partial charge in [-0.15, -0.1) is 0 Å². The Morgan fingerprint density at radius 1 is 0.800 bits per heavy atom. The fourth-order valence-corrected chi connectivity index (χ4v) is 5.23. The smallest absolute Gasteiger partial charge is 0.283 e. The third-order valence-corrected chi connectivity index (χ3v) is 8.63. The number of hydrogen-bond acceptors (Lipinski definition) is 6. The molecular weight excluding hydrogens is 276 g/mol. The van der Waals surface area contributed by atoms with Crippen LogP contribution in [0.1, 0.15) is 13.3 Å². The van der Waals surface area contributed by atoms with Crippen molar-refractivity contribution in [3.63, 3.8) is 0 Å². The van der Waals surface area contributed by atoms with Gasteiger partial charge in [-0.1, -0.05) is 6.92 Å². The minimum Gasteiger partial charge on any atom is -0.283 e. The van der Waals surface area contributed by atoms with Crippen LogP contribution in [0.2, 0.25) is 0 Å². The Morgan fingerprint density at radius 2 is 1.00 bits per heavy atom. The van der Waals surface area contributed by atoms with Crippen molar-refractivity contribution in [2.24, 2.45) is 0 Å². The van der Waals surface area contributed by atoms with Gasteiger partial charge in [-0.05, 0) is 0 Å². The van der Waals surface area contributed by atoms with Crippen molar-refractivity contribution < 1.29 is 38.9 Å². The van der Waals surface area contributed by atoms with Gasteiger partial charge >= 0.3 is 33.8 Å². The molecule has 0 aromatic rings. The highest BCUT2D eigenvalue weighted by Gasteiger charge is 2.64. The first kappa shape index (κ1) is 14.7. The van der Waals surface area contributed by atoms with Crippen LogP contribution in [0.3, 0.4) is 0 Å². The van der Waals surface area contributed by atoms with E-state index in [1.807, 2.05) is 0 Å². The molecule has 0 bridgehead atoms. The molecule has 0 unspecified atom stereocenters. The van der Waals surface area contributed by atoms with Crippen molar-refractivity contribution in [2.45, 2.75) is 16.8 Å². The predicted octanol–water partition coefficient (Wildman–Crippen LogP) is -1.29. The van der Waals surface area contributed by atoms with Gasteiger partial charge in [-0.2, -0.15) is 25.3 Å². The van der Waals surface area contributed by atoms with E-state index in [0.29, 0.717) is 0 Å². The molecule has 3 N–H and O–H groups in total. The Kier molecular flexibility index (Phi) is 3.57. The maximum atomic E-state index is 10.7. The lowest BCUT2D eigenvalue weighted by molar-refractivity contribution is 0.420. The first-order valence-corrected chi connectivity index (χ1v) is 7.54. The second kappa shape index (κ2) is 3.64.